The maximum atomic E-state index is 14.2. The predicted octanol–water partition coefficient (Wildman–Crippen LogP) is 13.4. The summed E-state index contributed by atoms with van der Waals surface area (Å²) in [5.41, 5.74) is 0.734. The first-order valence-corrected chi connectivity index (χ1v) is 33.8. The van der Waals surface area contributed by atoms with Crippen LogP contribution in [0.25, 0.3) is 33.2 Å². The van der Waals surface area contributed by atoms with E-state index in [2.05, 4.69) is 87.8 Å². The third-order valence-electron chi connectivity index (χ3n) is 17.6. The van der Waals surface area contributed by atoms with E-state index in [9.17, 15) is 27.9 Å². The fraction of sp³-hybridized carbons (Fsp3) is 0.522. The molecule has 4 fully saturated rings. The van der Waals surface area contributed by atoms with Gasteiger partial charge in [0.05, 0.1) is 42.0 Å². The van der Waals surface area contributed by atoms with Gasteiger partial charge in [0.15, 0.2) is 5.69 Å². The number of ether oxygens (including phenoxy) is 3. The average Bonchev–Trinajstić information content (AvgIpc) is 0.751. The topological polar surface area (TPSA) is 186 Å². The standard InChI is InChI=1S/C69H90N4O11SSi/c1-48-56(53-30-31-57(71-58(53)60(76)83-62(2,3)4)50-29-28-49-22-21-27-54(59(74)75)55(49)38-50)39-70-73(48)46-68-41-66(13)40-67(14,42-68)44-69(43-66,45-68)80-36-33-72(61(77)84-63(5,6)7)34-37-85(78,79)81-47-65(11,12)32-35-82-86(64(8,9)10,51-23-17-15-18-24-51)52-25-19-16-20-26-52/h15-31,38-39H,32-37,40-47H2,1-14H3,(H,74,75). The van der Waals surface area contributed by atoms with E-state index in [1.165, 1.54) is 15.3 Å². The van der Waals surface area contributed by atoms with Gasteiger partial charge in [0.2, 0.25) is 0 Å². The van der Waals surface area contributed by atoms with Gasteiger partial charge in [0, 0.05) is 48.6 Å². The summed E-state index contributed by atoms with van der Waals surface area (Å²) in [5.74, 6) is -2.04. The molecule has 462 valence electrons. The predicted molar refractivity (Wildman–Crippen MR) is 340 cm³/mol. The Hall–Kier alpha value is -6.24. The quantitative estimate of drug-likeness (QED) is 0.0385. The molecule has 4 aliphatic carbocycles. The van der Waals surface area contributed by atoms with Crippen LogP contribution in [0.1, 0.15) is 161 Å². The van der Waals surface area contributed by atoms with Crippen LogP contribution in [-0.4, -0.2) is 115 Å². The number of pyridine rings is 1. The lowest BCUT2D eigenvalue weighted by Crippen LogP contribution is -2.66. The minimum absolute atomic E-state index is 0.0252. The van der Waals surface area contributed by atoms with Crippen LogP contribution < -0.4 is 10.4 Å². The normalized spacial score (nSPS) is 21.6. The van der Waals surface area contributed by atoms with Gasteiger partial charge in [-0.15, -0.1) is 0 Å². The molecule has 2 aromatic heterocycles. The molecule has 4 saturated carbocycles. The van der Waals surface area contributed by atoms with Crippen LogP contribution in [0.3, 0.4) is 0 Å². The Morgan fingerprint density at radius 1 is 0.709 bits per heavy atom. The number of carbonyl (C=O) groups is 3. The second-order valence-corrected chi connectivity index (χ2v) is 35.6. The SMILES string of the molecule is Cc1c(-c2ccc(-c3ccc4cccc(C(=O)O)c4c3)nc2C(=O)OC(C)(C)C)cnn1CC12CC3(C)CC(C)(C1)CC(OCCN(CCS(=O)(=O)OCC(C)(C)CCO[Si](c1ccccc1)(c1ccccc1)C(C)(C)C)C(=O)OC(C)(C)C)(C3)C2. The fourth-order valence-electron chi connectivity index (χ4n) is 15.1. The van der Waals surface area contributed by atoms with Crippen molar-refractivity contribution < 1.29 is 50.7 Å². The Morgan fingerprint density at radius 2 is 1.34 bits per heavy atom. The van der Waals surface area contributed by atoms with Crippen molar-refractivity contribution in [3.63, 3.8) is 0 Å². The average molecular weight is 1210 g/mol. The minimum atomic E-state index is -4.10. The number of fused-ring (bicyclic) bond motifs is 1. The number of benzene rings is 4. The monoisotopic (exact) mass is 1210 g/mol. The van der Waals surface area contributed by atoms with E-state index < -0.39 is 64.4 Å². The van der Waals surface area contributed by atoms with Crippen LogP contribution in [0, 0.1) is 28.6 Å². The van der Waals surface area contributed by atoms with E-state index in [1.807, 2.05) is 84.0 Å². The van der Waals surface area contributed by atoms with E-state index >= 15 is 0 Å². The number of carbonyl (C=O) groups excluding carboxylic acids is 2. The van der Waals surface area contributed by atoms with E-state index in [4.69, 9.17) is 32.9 Å². The number of hydrogen-bond acceptors (Lipinski definition) is 12. The summed E-state index contributed by atoms with van der Waals surface area (Å²) >= 11 is 0. The molecule has 4 aliphatic rings. The van der Waals surface area contributed by atoms with Crippen molar-refractivity contribution in [2.45, 2.75) is 170 Å². The molecule has 1 amide bonds. The maximum Gasteiger partial charge on any atom is 0.410 e. The van der Waals surface area contributed by atoms with Crippen molar-refractivity contribution in [3.8, 4) is 22.4 Å². The Labute approximate surface area is 510 Å². The van der Waals surface area contributed by atoms with Gasteiger partial charge < -0.3 is 28.6 Å². The molecule has 2 atom stereocenters. The highest BCUT2D eigenvalue weighted by Crippen LogP contribution is 2.72. The van der Waals surface area contributed by atoms with Gasteiger partial charge in [-0.25, -0.2) is 19.4 Å². The number of nitrogens with zero attached hydrogens (tertiary/aromatic N) is 4. The molecule has 0 spiro atoms. The summed E-state index contributed by atoms with van der Waals surface area (Å²) in [6, 6.07) is 35.3. The molecular formula is C69H90N4O11SSi. The number of hydrogen-bond donors (Lipinski definition) is 1. The van der Waals surface area contributed by atoms with Crippen LogP contribution >= 0.6 is 0 Å². The van der Waals surface area contributed by atoms with Crippen LogP contribution in [0.2, 0.25) is 5.04 Å². The second kappa shape index (κ2) is 23.7. The molecule has 4 aromatic carbocycles. The van der Waals surface area contributed by atoms with Crippen molar-refractivity contribution in [2.75, 3.05) is 38.7 Å². The molecule has 15 nitrogen and oxygen atoms in total. The summed E-state index contributed by atoms with van der Waals surface area (Å²) in [4.78, 5) is 46.7. The number of carboxylic acid groups (broad SMARTS) is 1. The molecule has 86 heavy (non-hydrogen) atoms. The molecule has 17 heteroatoms. The third-order valence-corrected chi connectivity index (χ3v) is 23.8. The summed E-state index contributed by atoms with van der Waals surface area (Å²) < 4.78 is 61.6. The smallest absolute Gasteiger partial charge is 0.410 e. The zero-order valence-corrected chi connectivity index (χ0v) is 54.9. The van der Waals surface area contributed by atoms with Gasteiger partial charge in [0.25, 0.3) is 18.4 Å². The number of aromatic nitrogens is 3. The highest BCUT2D eigenvalue weighted by molar-refractivity contribution is 7.86. The van der Waals surface area contributed by atoms with Crippen LogP contribution in [-0.2, 0) is 39.5 Å². The molecular weight excluding hydrogens is 1120 g/mol. The van der Waals surface area contributed by atoms with Crippen LogP contribution in [0.15, 0.2) is 115 Å². The van der Waals surface area contributed by atoms with Gasteiger partial charge in [-0.3, -0.25) is 8.86 Å². The van der Waals surface area contributed by atoms with Gasteiger partial charge in [-0.05, 0) is 166 Å². The zero-order chi connectivity index (χ0) is 62.5. The van der Waals surface area contributed by atoms with Gasteiger partial charge in [0.1, 0.15) is 11.2 Å². The number of esters is 1. The number of aromatic carboxylic acids is 1. The van der Waals surface area contributed by atoms with Gasteiger partial charge >= 0.3 is 18.0 Å². The van der Waals surface area contributed by atoms with Crippen LogP contribution in [0.4, 0.5) is 4.79 Å². The van der Waals surface area contributed by atoms with Crippen molar-refractivity contribution in [3.05, 3.63) is 132 Å². The summed E-state index contributed by atoms with van der Waals surface area (Å²) in [6.07, 6.45) is 7.27. The van der Waals surface area contributed by atoms with Gasteiger partial charge in [-0.1, -0.05) is 133 Å². The molecule has 4 bridgehead atoms. The molecule has 10 rings (SSSR count). The number of rotatable bonds is 22. The van der Waals surface area contributed by atoms with E-state index in [0.29, 0.717) is 41.8 Å². The zero-order valence-electron chi connectivity index (χ0n) is 53.1. The van der Waals surface area contributed by atoms with Crippen molar-refractivity contribution >= 4 is 57.6 Å². The van der Waals surface area contributed by atoms with E-state index in [-0.39, 0.29) is 58.8 Å². The molecule has 0 radical (unpaired) electrons. The Kier molecular flexibility index (Phi) is 17.7. The first kappa shape index (κ1) is 64.2. The minimum Gasteiger partial charge on any atom is -0.478 e. The van der Waals surface area contributed by atoms with Crippen LogP contribution in [0.5, 0.6) is 0 Å². The second-order valence-electron chi connectivity index (χ2n) is 29.6. The molecule has 2 unspecified atom stereocenters. The molecule has 6 aromatic rings. The highest BCUT2D eigenvalue weighted by Gasteiger charge is 2.66. The highest BCUT2D eigenvalue weighted by atomic mass is 32.2. The number of amides is 1. The third kappa shape index (κ3) is 14.3. The summed E-state index contributed by atoms with van der Waals surface area (Å²) in [6.45, 7) is 29.4. The lowest BCUT2D eigenvalue weighted by Gasteiger charge is -2.69. The molecule has 0 saturated heterocycles. The van der Waals surface area contributed by atoms with Crippen molar-refractivity contribution in [1.29, 1.82) is 0 Å². The molecule has 0 aliphatic heterocycles. The lowest BCUT2D eigenvalue weighted by atomic mass is 9.39. The Balaban J connectivity index is 0.884. The largest absolute Gasteiger partial charge is 0.478 e. The molecule has 2 heterocycles. The van der Waals surface area contributed by atoms with E-state index in [1.54, 1.807) is 45.2 Å². The Bertz CT molecular complexity index is 3530. The lowest BCUT2D eigenvalue weighted by molar-refractivity contribution is -0.248. The van der Waals surface area contributed by atoms with E-state index in [0.717, 1.165) is 55.2 Å². The number of carboxylic acids is 1. The maximum absolute atomic E-state index is 14.2. The summed E-state index contributed by atoms with van der Waals surface area (Å²) in [5, 5.41) is 18.5. The summed E-state index contributed by atoms with van der Waals surface area (Å²) in [7, 11) is -6.90. The van der Waals surface area contributed by atoms with Gasteiger partial charge in [-0.2, -0.15) is 13.5 Å². The van der Waals surface area contributed by atoms with Crippen molar-refractivity contribution in [1.82, 2.24) is 19.7 Å². The molecule has 1 N–H and O–H groups in total. The fourth-order valence-corrected chi connectivity index (χ4v) is 20.7. The first-order chi connectivity index (χ1) is 40.0. The van der Waals surface area contributed by atoms with Crippen molar-refractivity contribution in [2.24, 2.45) is 21.7 Å². The Morgan fingerprint density at radius 3 is 1.93 bits per heavy atom. The first-order valence-electron chi connectivity index (χ1n) is 30.3.